The highest BCUT2D eigenvalue weighted by atomic mass is 32.1. The molecule has 6 bridgehead atoms. The summed E-state index contributed by atoms with van der Waals surface area (Å²) in [4.78, 5) is 68.0. The van der Waals surface area contributed by atoms with Crippen molar-refractivity contribution in [2.24, 2.45) is 5.41 Å². The summed E-state index contributed by atoms with van der Waals surface area (Å²) in [6.07, 6.45) is 2.64. The number of methoxy groups -OCH3 is 1. The number of fused-ring (bicyclic) bond motifs is 6. The van der Waals surface area contributed by atoms with Crippen molar-refractivity contribution < 1.29 is 33.4 Å². The molecule has 3 aliphatic heterocycles. The van der Waals surface area contributed by atoms with Crippen LogP contribution in [-0.4, -0.2) is 130 Å². The Morgan fingerprint density at radius 1 is 1.12 bits per heavy atom. The molecule has 0 radical (unpaired) electrons. The minimum absolute atomic E-state index is 0. The molecule has 0 aliphatic carbocycles. The number of ether oxygens (including phenoxy) is 3. The molecule has 0 unspecified atom stereocenters. The van der Waals surface area contributed by atoms with Gasteiger partial charge < -0.3 is 29.0 Å². The van der Waals surface area contributed by atoms with Gasteiger partial charge in [0.25, 0.3) is 11.8 Å². The van der Waals surface area contributed by atoms with Crippen molar-refractivity contribution in [2.75, 3.05) is 47.4 Å². The van der Waals surface area contributed by atoms with Crippen LogP contribution >= 0.6 is 65.3 Å². The highest BCUT2D eigenvalue weighted by Crippen LogP contribution is 2.42. The number of nitrogens with one attached hydrogen (secondary N) is 2. The molecule has 3 aliphatic rings. The summed E-state index contributed by atoms with van der Waals surface area (Å²) < 4.78 is 20.4. The number of amides is 3. The number of hydrazine groups is 1. The third-order valence-electron chi connectivity index (χ3n) is 12.8. The van der Waals surface area contributed by atoms with Crippen LogP contribution in [0.15, 0.2) is 41.9 Å². The zero-order chi connectivity index (χ0) is 46.8. The van der Waals surface area contributed by atoms with E-state index in [1.54, 1.807) is 18.2 Å². The third kappa shape index (κ3) is 13.8. The number of hydrogen-bond acceptors (Lipinski definition) is 12. The molecule has 380 valence electrons. The number of aromatic nitrogens is 3. The van der Waals surface area contributed by atoms with Gasteiger partial charge in [0, 0.05) is 78.7 Å². The second-order valence-corrected chi connectivity index (χ2v) is 20.0. The zero-order valence-corrected chi connectivity index (χ0v) is 46.3. The maximum atomic E-state index is 14.4. The Balaban J connectivity index is 0.00000315. The fraction of sp³-hybridized carbons (Fsp3) is 0.551. The minimum Gasteiger partial charge on any atom is -0.464 e. The molecule has 3 amide bonds. The van der Waals surface area contributed by atoms with E-state index in [2.05, 4.69) is 72.2 Å². The highest BCUT2D eigenvalue weighted by Gasteiger charge is 2.37. The van der Waals surface area contributed by atoms with Crippen LogP contribution in [0.3, 0.4) is 0 Å². The van der Waals surface area contributed by atoms with Crippen LogP contribution in [0.5, 0.6) is 0 Å². The number of rotatable bonds is 10. The summed E-state index contributed by atoms with van der Waals surface area (Å²) in [5, 5.41) is 8.16. The van der Waals surface area contributed by atoms with Crippen molar-refractivity contribution in [2.45, 2.75) is 123 Å². The molecule has 7 rings (SSSR count). The summed E-state index contributed by atoms with van der Waals surface area (Å²) in [5.74, 6) is 4.36. The Hall–Kier alpha value is -3.78. The molecule has 6 heterocycles. The van der Waals surface area contributed by atoms with Crippen LogP contribution in [0.4, 0.5) is 0 Å². The number of hydrogen-bond donors (Lipinski definition) is 2. The van der Waals surface area contributed by atoms with Crippen LogP contribution in [0, 0.1) is 17.3 Å². The molecule has 2 N–H and O–H groups in total. The molecular weight excluding hydrogens is 973 g/mol. The van der Waals surface area contributed by atoms with Gasteiger partial charge in [-0.15, -0.1) is 11.3 Å². The van der Waals surface area contributed by atoms with Crippen molar-refractivity contribution in [3.8, 4) is 34.4 Å². The number of likely N-dealkylation sites (tertiary alicyclic amines) is 1. The summed E-state index contributed by atoms with van der Waals surface area (Å²) in [6.45, 7) is 16.0. The molecule has 1 aromatic carbocycles. The van der Waals surface area contributed by atoms with Gasteiger partial charge in [-0.3, -0.25) is 34.1 Å². The minimum atomic E-state index is -0.978. The zero-order valence-electron chi connectivity index (χ0n) is 41.4. The first-order chi connectivity index (χ1) is 30.9. The second kappa shape index (κ2) is 25.1. The van der Waals surface area contributed by atoms with Gasteiger partial charge in [0.2, 0.25) is 5.91 Å². The molecule has 0 spiro atoms. The van der Waals surface area contributed by atoms with E-state index >= 15 is 0 Å². The lowest BCUT2D eigenvalue weighted by Gasteiger charge is -2.39. The van der Waals surface area contributed by atoms with E-state index in [-0.39, 0.29) is 103 Å². The van der Waals surface area contributed by atoms with Gasteiger partial charge in [-0.25, -0.2) is 10.4 Å². The smallest absolute Gasteiger partial charge is 0.324 e. The molecule has 3 aromatic heterocycles. The highest BCUT2D eigenvalue weighted by molar-refractivity contribution is 7.59. The molecule has 4 aromatic rings. The Morgan fingerprint density at radius 3 is 2.52 bits per heavy atom. The number of benzene rings is 1. The van der Waals surface area contributed by atoms with E-state index in [9.17, 15) is 19.2 Å². The van der Waals surface area contributed by atoms with Crippen LogP contribution in [0.2, 0.25) is 0 Å². The first kappa shape index (κ1) is 59.5. The first-order valence-electron chi connectivity index (χ1n) is 22.6. The first-order valence-corrected chi connectivity index (χ1v) is 23.5. The average molecular weight is 1050 g/mol. The summed E-state index contributed by atoms with van der Waals surface area (Å²) in [7, 11) is 5.52. The number of esters is 1. The van der Waals surface area contributed by atoms with E-state index in [4.69, 9.17) is 24.2 Å². The van der Waals surface area contributed by atoms with Gasteiger partial charge in [-0.05, 0) is 104 Å². The standard InChI is InChI=1S/C49H64N8O7S.4H2S/c1-11-56-40-17-16-32-23-35(40)36(45(56)34-14-12-20-50-44(34)31(3)62-10)25-48(4,5)29-63-47(61)37-15-13-21-57(53-37)46(60)38(24-42-52-39(32)28-65-42)51-41(58)22-30(2)64-33-26-55(27-33)43(59)18-19-49(6,7)54(8)9;;;;/h12,14,16-17,20,23,28,30-31,33,37-38,53H,11,13,15,21-22,24-27,29H2,1-10H3,(H,51,58);4*1H2/t30-,31-,37-,38-;;;;/m0..../s1. The second-order valence-electron chi connectivity index (χ2n) is 19.0. The summed E-state index contributed by atoms with van der Waals surface area (Å²) in [5.41, 5.74) is 8.95. The average Bonchev–Trinajstić information content (AvgIpc) is 3.86. The van der Waals surface area contributed by atoms with E-state index in [0.29, 0.717) is 50.4 Å². The van der Waals surface area contributed by atoms with E-state index < -0.39 is 35.1 Å². The predicted octanol–water partition coefficient (Wildman–Crippen LogP) is 6.00. The number of thiazole rings is 1. The van der Waals surface area contributed by atoms with Crippen molar-refractivity contribution in [3.05, 3.63) is 58.2 Å². The third-order valence-corrected chi connectivity index (χ3v) is 13.7. The SMILES string of the molecule is CCn1c(-c2cccnc2[C@H](C)OC)c2c3cc(ccc31)-c1csc(n1)C[C@H](NC(=O)C[C@H](C)OC1CN(C(=O)C#CC(C)(C)N(C)C)C1)C(=O)N1CCC[C@H](N1)C(=O)OCC(C)(C)C2.S.S.S.S. The number of carbonyl (C=O) groups excluding carboxylic acids is 4. The number of nitrogens with zero attached hydrogens (tertiary/aromatic N) is 6. The molecule has 69 heavy (non-hydrogen) atoms. The van der Waals surface area contributed by atoms with Crippen LogP contribution in [0.25, 0.3) is 33.4 Å². The van der Waals surface area contributed by atoms with Gasteiger partial charge in [-0.2, -0.15) is 54.0 Å². The van der Waals surface area contributed by atoms with Gasteiger partial charge >= 0.3 is 5.97 Å². The lowest BCUT2D eigenvalue weighted by Crippen LogP contribution is -2.60. The van der Waals surface area contributed by atoms with Gasteiger partial charge in [0.15, 0.2) is 0 Å². The van der Waals surface area contributed by atoms with Crippen LogP contribution in [-0.2, 0) is 52.8 Å². The Morgan fingerprint density at radius 2 is 1.84 bits per heavy atom. The summed E-state index contributed by atoms with van der Waals surface area (Å²) >= 11 is 1.43. The number of carbonyl (C=O) groups is 4. The monoisotopic (exact) mass is 1040 g/mol. The lowest BCUT2D eigenvalue weighted by atomic mass is 9.84. The molecule has 2 fully saturated rings. The van der Waals surface area contributed by atoms with Crippen LogP contribution in [0.1, 0.15) is 90.1 Å². The normalized spacial score (nSPS) is 19.2. The molecule has 4 atom stereocenters. The molecule has 20 heteroatoms. The predicted molar refractivity (Wildman–Crippen MR) is 292 cm³/mol. The number of cyclic esters (lactones) is 1. The molecule has 0 saturated carbocycles. The molecular formula is C49H72N8O7S5. The van der Waals surface area contributed by atoms with E-state index in [1.165, 1.54) is 16.3 Å². The maximum absolute atomic E-state index is 14.4. The van der Waals surface area contributed by atoms with Crippen molar-refractivity contribution in [1.29, 1.82) is 0 Å². The number of aryl methyl sites for hydroxylation is 1. The fourth-order valence-corrected chi connectivity index (χ4v) is 9.39. The Labute approximate surface area is 439 Å². The van der Waals surface area contributed by atoms with E-state index in [1.807, 2.05) is 58.1 Å². The maximum Gasteiger partial charge on any atom is 0.324 e. The van der Waals surface area contributed by atoms with Crippen LogP contribution < -0.4 is 10.7 Å². The largest absolute Gasteiger partial charge is 0.464 e. The molecule has 15 nitrogen and oxygen atoms in total. The fourth-order valence-electron chi connectivity index (χ4n) is 8.54. The van der Waals surface area contributed by atoms with Crippen molar-refractivity contribution in [3.63, 3.8) is 0 Å². The summed E-state index contributed by atoms with van der Waals surface area (Å²) in [6, 6.07) is 8.73. The quantitative estimate of drug-likeness (QED) is 0.142. The Kier molecular flexibility index (Phi) is 21.6. The van der Waals surface area contributed by atoms with Gasteiger partial charge in [-0.1, -0.05) is 25.8 Å². The lowest BCUT2D eigenvalue weighted by molar-refractivity contribution is -0.155. The van der Waals surface area contributed by atoms with E-state index in [0.717, 1.165) is 44.7 Å². The van der Waals surface area contributed by atoms with Crippen molar-refractivity contribution in [1.82, 2.24) is 40.1 Å². The molecule has 2 saturated heterocycles. The van der Waals surface area contributed by atoms with Gasteiger partial charge in [0.05, 0.1) is 59.0 Å². The van der Waals surface area contributed by atoms with Crippen molar-refractivity contribution >= 4 is 99.9 Å². The number of pyridine rings is 1. The van der Waals surface area contributed by atoms with Gasteiger partial charge in [0.1, 0.15) is 12.1 Å². The topological polar surface area (TPSA) is 160 Å². The Bertz CT molecular complexity index is 2500.